The fourth-order valence-corrected chi connectivity index (χ4v) is 1.70. The van der Waals surface area contributed by atoms with Crippen molar-refractivity contribution < 1.29 is 9.90 Å². The Kier molecular flexibility index (Phi) is 2.99. The fraction of sp³-hybridized carbons (Fsp3) is 0.333. The lowest BCUT2D eigenvalue weighted by atomic mass is 10.1. The van der Waals surface area contributed by atoms with Crippen molar-refractivity contribution in [1.29, 1.82) is 0 Å². The highest BCUT2D eigenvalue weighted by molar-refractivity contribution is 5.83. The number of phenolic OH excluding ortho intramolecular Hbond substituents is 1. The number of aromatic amines is 1. The average molecular weight is 233 g/mol. The first-order valence-corrected chi connectivity index (χ1v) is 5.44. The minimum atomic E-state index is 0.0894. The molecular formula is C12H15N3O2. The van der Waals surface area contributed by atoms with E-state index in [1.165, 1.54) is 0 Å². The van der Waals surface area contributed by atoms with Crippen LogP contribution in [-0.2, 0) is 11.2 Å². The third-order valence-electron chi connectivity index (χ3n) is 2.71. The molecule has 0 aliphatic heterocycles. The van der Waals surface area contributed by atoms with Gasteiger partial charge in [-0.3, -0.25) is 9.89 Å². The van der Waals surface area contributed by atoms with Crippen molar-refractivity contribution in [3.8, 4) is 5.75 Å². The number of amides is 1. The van der Waals surface area contributed by atoms with E-state index in [9.17, 15) is 9.90 Å². The van der Waals surface area contributed by atoms with Crippen LogP contribution >= 0.6 is 0 Å². The summed E-state index contributed by atoms with van der Waals surface area (Å²) in [5.74, 6) is 0.284. The molecule has 0 saturated carbocycles. The molecule has 2 N–H and O–H groups in total. The molecule has 2 aromatic rings. The number of aryl methyl sites for hydroxylation is 1. The van der Waals surface area contributed by atoms with E-state index in [1.54, 1.807) is 31.1 Å². The molecule has 0 aliphatic carbocycles. The van der Waals surface area contributed by atoms with Gasteiger partial charge in [-0.15, -0.1) is 0 Å². The van der Waals surface area contributed by atoms with Crippen molar-refractivity contribution in [2.24, 2.45) is 0 Å². The molecule has 90 valence electrons. The van der Waals surface area contributed by atoms with Gasteiger partial charge in [-0.1, -0.05) is 0 Å². The SMILES string of the molecule is CN(C)C(=O)CCc1[nH]nc2cc(O)ccc12. The Morgan fingerprint density at radius 3 is 2.94 bits per heavy atom. The summed E-state index contributed by atoms with van der Waals surface area (Å²) in [6, 6.07) is 5.03. The molecule has 0 fully saturated rings. The Bertz CT molecular complexity index is 546. The number of carbonyl (C=O) groups is 1. The number of fused-ring (bicyclic) bond motifs is 1. The molecule has 0 radical (unpaired) electrons. The molecule has 0 spiro atoms. The Morgan fingerprint density at radius 1 is 1.47 bits per heavy atom. The predicted molar refractivity (Wildman–Crippen MR) is 64.8 cm³/mol. The van der Waals surface area contributed by atoms with E-state index in [2.05, 4.69) is 10.2 Å². The van der Waals surface area contributed by atoms with Crippen LogP contribution in [0.15, 0.2) is 18.2 Å². The van der Waals surface area contributed by atoms with Crippen molar-refractivity contribution >= 4 is 16.8 Å². The number of carbonyl (C=O) groups excluding carboxylic acids is 1. The smallest absolute Gasteiger partial charge is 0.222 e. The van der Waals surface area contributed by atoms with Crippen LogP contribution < -0.4 is 0 Å². The van der Waals surface area contributed by atoms with Crippen LogP contribution in [0.5, 0.6) is 5.75 Å². The zero-order valence-electron chi connectivity index (χ0n) is 9.90. The number of nitrogens with one attached hydrogen (secondary N) is 1. The first kappa shape index (κ1) is 11.4. The summed E-state index contributed by atoms with van der Waals surface area (Å²) in [6.45, 7) is 0. The number of aromatic hydroxyl groups is 1. The van der Waals surface area contributed by atoms with Crippen LogP contribution in [0.3, 0.4) is 0 Å². The third-order valence-corrected chi connectivity index (χ3v) is 2.71. The van der Waals surface area contributed by atoms with Gasteiger partial charge in [-0.2, -0.15) is 5.10 Å². The molecule has 17 heavy (non-hydrogen) atoms. The second-order valence-electron chi connectivity index (χ2n) is 4.19. The van der Waals surface area contributed by atoms with Crippen LogP contribution in [0.25, 0.3) is 10.9 Å². The van der Waals surface area contributed by atoms with E-state index in [0.717, 1.165) is 16.6 Å². The lowest BCUT2D eigenvalue weighted by Gasteiger charge is -2.08. The van der Waals surface area contributed by atoms with Gasteiger partial charge >= 0.3 is 0 Å². The van der Waals surface area contributed by atoms with Crippen molar-refractivity contribution in [2.45, 2.75) is 12.8 Å². The lowest BCUT2D eigenvalue weighted by Crippen LogP contribution is -2.21. The summed E-state index contributed by atoms with van der Waals surface area (Å²) in [4.78, 5) is 13.1. The molecule has 2 rings (SSSR count). The van der Waals surface area contributed by atoms with Crippen molar-refractivity contribution in [3.05, 3.63) is 23.9 Å². The first-order valence-electron chi connectivity index (χ1n) is 5.44. The molecule has 0 atom stereocenters. The molecule has 0 aliphatic rings. The van der Waals surface area contributed by atoms with E-state index in [1.807, 2.05) is 6.07 Å². The van der Waals surface area contributed by atoms with Gasteiger partial charge in [-0.25, -0.2) is 0 Å². The molecule has 0 bridgehead atoms. The second-order valence-corrected chi connectivity index (χ2v) is 4.19. The van der Waals surface area contributed by atoms with E-state index in [-0.39, 0.29) is 11.7 Å². The van der Waals surface area contributed by atoms with E-state index >= 15 is 0 Å². The molecule has 1 aromatic heterocycles. The summed E-state index contributed by atoms with van der Waals surface area (Å²) in [7, 11) is 3.48. The minimum Gasteiger partial charge on any atom is -0.508 e. The van der Waals surface area contributed by atoms with E-state index in [4.69, 9.17) is 0 Å². The summed E-state index contributed by atoms with van der Waals surface area (Å²) < 4.78 is 0. The van der Waals surface area contributed by atoms with Crippen molar-refractivity contribution in [3.63, 3.8) is 0 Å². The molecule has 1 amide bonds. The maximum absolute atomic E-state index is 11.5. The van der Waals surface area contributed by atoms with Crippen LogP contribution in [0.1, 0.15) is 12.1 Å². The number of hydrogen-bond acceptors (Lipinski definition) is 3. The van der Waals surface area contributed by atoms with Gasteiger partial charge in [0.15, 0.2) is 0 Å². The third kappa shape index (κ3) is 2.38. The number of H-pyrrole nitrogens is 1. The molecule has 5 nitrogen and oxygen atoms in total. The number of phenols is 1. The Hall–Kier alpha value is -2.04. The van der Waals surface area contributed by atoms with Gasteiger partial charge in [0.25, 0.3) is 0 Å². The molecular weight excluding hydrogens is 218 g/mol. The lowest BCUT2D eigenvalue weighted by molar-refractivity contribution is -0.128. The van der Waals surface area contributed by atoms with Crippen LogP contribution in [-0.4, -0.2) is 40.2 Å². The maximum Gasteiger partial charge on any atom is 0.222 e. The monoisotopic (exact) mass is 233 g/mol. The number of hydrogen-bond donors (Lipinski definition) is 2. The highest BCUT2D eigenvalue weighted by atomic mass is 16.3. The summed E-state index contributed by atoms with van der Waals surface area (Å²) >= 11 is 0. The minimum absolute atomic E-state index is 0.0894. The van der Waals surface area contributed by atoms with Crippen LogP contribution in [0.2, 0.25) is 0 Å². The largest absolute Gasteiger partial charge is 0.508 e. The Balaban J connectivity index is 2.17. The van der Waals surface area contributed by atoms with Gasteiger partial charge in [0.05, 0.1) is 5.52 Å². The maximum atomic E-state index is 11.5. The highest BCUT2D eigenvalue weighted by Crippen LogP contribution is 2.21. The van der Waals surface area contributed by atoms with Gasteiger partial charge in [0.2, 0.25) is 5.91 Å². The quantitative estimate of drug-likeness (QED) is 0.839. The fourth-order valence-electron chi connectivity index (χ4n) is 1.70. The van der Waals surface area contributed by atoms with Gasteiger partial charge < -0.3 is 10.0 Å². The first-order chi connectivity index (χ1) is 8.08. The molecule has 1 heterocycles. The summed E-state index contributed by atoms with van der Waals surface area (Å²) in [5.41, 5.74) is 1.65. The van der Waals surface area contributed by atoms with Crippen LogP contribution in [0.4, 0.5) is 0 Å². The summed E-state index contributed by atoms with van der Waals surface area (Å²) in [6.07, 6.45) is 1.07. The second kappa shape index (κ2) is 4.45. The Morgan fingerprint density at radius 2 is 2.24 bits per heavy atom. The number of aromatic nitrogens is 2. The van der Waals surface area contributed by atoms with Crippen molar-refractivity contribution in [1.82, 2.24) is 15.1 Å². The number of benzene rings is 1. The van der Waals surface area contributed by atoms with E-state index in [0.29, 0.717) is 12.8 Å². The van der Waals surface area contributed by atoms with Crippen LogP contribution in [0, 0.1) is 0 Å². The topological polar surface area (TPSA) is 69.2 Å². The highest BCUT2D eigenvalue weighted by Gasteiger charge is 2.09. The normalized spacial score (nSPS) is 10.7. The molecule has 1 aromatic carbocycles. The zero-order valence-corrected chi connectivity index (χ0v) is 9.90. The standard InChI is InChI=1S/C12H15N3O2/c1-15(2)12(17)6-5-10-9-4-3-8(16)7-11(9)14-13-10/h3-4,7,16H,5-6H2,1-2H3,(H,13,14). The molecule has 0 unspecified atom stereocenters. The van der Waals surface area contributed by atoms with Gasteiger partial charge in [-0.05, 0) is 18.6 Å². The zero-order chi connectivity index (χ0) is 12.4. The Labute approximate surface area is 99.1 Å². The van der Waals surface area contributed by atoms with Gasteiger partial charge in [0.1, 0.15) is 5.75 Å². The summed E-state index contributed by atoms with van der Waals surface area (Å²) in [5, 5.41) is 17.3. The number of rotatable bonds is 3. The predicted octanol–water partition coefficient (Wildman–Crippen LogP) is 1.29. The molecule has 0 saturated heterocycles. The average Bonchev–Trinajstić information content (AvgIpc) is 2.67. The molecule has 5 heteroatoms. The van der Waals surface area contributed by atoms with Gasteiger partial charge in [0, 0.05) is 37.7 Å². The van der Waals surface area contributed by atoms with Crippen molar-refractivity contribution in [2.75, 3.05) is 14.1 Å². The van der Waals surface area contributed by atoms with E-state index < -0.39 is 0 Å². The number of nitrogens with zero attached hydrogens (tertiary/aromatic N) is 2.